The molecule has 1 fully saturated rings. The molecule has 0 amide bonds. The number of halogens is 1. The quantitative estimate of drug-likeness (QED) is 0.706. The van der Waals surface area contributed by atoms with Crippen LogP contribution in [0.5, 0.6) is 0 Å². The molecule has 2 heterocycles. The molecule has 1 aliphatic heterocycles. The van der Waals surface area contributed by atoms with E-state index in [-0.39, 0.29) is 10.9 Å². The monoisotopic (exact) mass is 402 g/mol. The van der Waals surface area contributed by atoms with Gasteiger partial charge in [-0.2, -0.15) is 4.98 Å². The highest BCUT2D eigenvalue weighted by molar-refractivity contribution is 7.89. The zero-order valence-electron chi connectivity index (χ0n) is 15.0. The number of aromatic nitrogens is 2. The van der Waals surface area contributed by atoms with Gasteiger partial charge in [-0.15, -0.1) is 0 Å². The first-order chi connectivity index (χ1) is 13.5. The number of nitrogens with one attached hydrogen (secondary N) is 1. The van der Waals surface area contributed by atoms with Gasteiger partial charge in [-0.05, 0) is 54.4 Å². The Hall–Kier alpha value is -2.78. The van der Waals surface area contributed by atoms with E-state index in [4.69, 9.17) is 4.52 Å². The lowest BCUT2D eigenvalue weighted by molar-refractivity contribution is 0.418. The Morgan fingerprint density at radius 3 is 2.39 bits per heavy atom. The van der Waals surface area contributed by atoms with E-state index in [1.807, 2.05) is 35.2 Å². The molecule has 1 aromatic heterocycles. The molecule has 0 radical (unpaired) electrons. The second kappa shape index (κ2) is 7.69. The Labute approximate surface area is 162 Å². The number of nitrogens with zero attached hydrogens (tertiary/aromatic N) is 3. The van der Waals surface area contributed by atoms with E-state index >= 15 is 0 Å². The fraction of sp³-hybridized carbons (Fsp3) is 0.263. The number of hydrogen-bond acceptors (Lipinski definition) is 6. The highest BCUT2D eigenvalue weighted by Gasteiger charge is 2.26. The SMILES string of the molecule is O=S(=O)(NC1CCN(c2noc(-c3ccccc3)n2)CC1)c1ccc(F)cc1. The smallest absolute Gasteiger partial charge is 0.266 e. The van der Waals surface area contributed by atoms with E-state index in [0.29, 0.717) is 37.8 Å². The van der Waals surface area contributed by atoms with Gasteiger partial charge in [0, 0.05) is 24.7 Å². The largest absolute Gasteiger partial charge is 0.338 e. The highest BCUT2D eigenvalue weighted by Crippen LogP contribution is 2.23. The summed E-state index contributed by atoms with van der Waals surface area (Å²) in [6.07, 6.45) is 1.21. The molecule has 1 saturated heterocycles. The van der Waals surface area contributed by atoms with Gasteiger partial charge in [0.2, 0.25) is 10.0 Å². The van der Waals surface area contributed by atoms with Crippen LogP contribution in [0, 0.1) is 5.82 Å². The van der Waals surface area contributed by atoms with Crippen LogP contribution in [0.4, 0.5) is 10.3 Å². The second-order valence-electron chi connectivity index (χ2n) is 6.60. The Kier molecular flexibility index (Phi) is 5.10. The number of rotatable bonds is 5. The first-order valence-corrected chi connectivity index (χ1v) is 10.4. The van der Waals surface area contributed by atoms with Crippen LogP contribution in [0.25, 0.3) is 11.5 Å². The molecule has 0 aliphatic carbocycles. The van der Waals surface area contributed by atoms with Crippen LogP contribution >= 0.6 is 0 Å². The number of hydrogen-bond donors (Lipinski definition) is 1. The van der Waals surface area contributed by atoms with Crippen molar-refractivity contribution >= 4 is 16.0 Å². The van der Waals surface area contributed by atoms with Gasteiger partial charge in [-0.3, -0.25) is 0 Å². The second-order valence-corrected chi connectivity index (χ2v) is 8.32. The summed E-state index contributed by atoms with van der Waals surface area (Å²) in [6.45, 7) is 1.20. The average molecular weight is 402 g/mol. The first-order valence-electron chi connectivity index (χ1n) is 8.93. The maximum Gasteiger partial charge on any atom is 0.266 e. The van der Waals surface area contributed by atoms with Crippen molar-refractivity contribution in [3.05, 3.63) is 60.4 Å². The average Bonchev–Trinajstić information content (AvgIpc) is 3.19. The summed E-state index contributed by atoms with van der Waals surface area (Å²) < 4.78 is 45.9. The van der Waals surface area contributed by atoms with Crippen LogP contribution < -0.4 is 9.62 Å². The first kappa shape index (κ1) is 18.6. The molecule has 3 aromatic rings. The predicted octanol–water partition coefficient (Wildman–Crippen LogP) is 2.82. The van der Waals surface area contributed by atoms with Crippen molar-refractivity contribution in [3.63, 3.8) is 0 Å². The minimum absolute atomic E-state index is 0.0574. The molecule has 0 spiro atoms. The molecule has 1 N–H and O–H groups in total. The summed E-state index contributed by atoms with van der Waals surface area (Å²) in [5, 5.41) is 4.04. The lowest BCUT2D eigenvalue weighted by atomic mass is 10.1. The molecule has 0 bridgehead atoms. The van der Waals surface area contributed by atoms with Crippen molar-refractivity contribution in [1.29, 1.82) is 0 Å². The zero-order valence-corrected chi connectivity index (χ0v) is 15.8. The van der Waals surface area contributed by atoms with Crippen LogP contribution in [0.15, 0.2) is 64.0 Å². The van der Waals surface area contributed by atoms with Crippen molar-refractivity contribution in [3.8, 4) is 11.5 Å². The van der Waals surface area contributed by atoms with Crippen LogP contribution in [0.1, 0.15) is 12.8 Å². The molecule has 0 saturated carbocycles. The van der Waals surface area contributed by atoms with Crippen LogP contribution in [0.3, 0.4) is 0 Å². The van der Waals surface area contributed by atoms with E-state index in [0.717, 1.165) is 17.7 Å². The van der Waals surface area contributed by atoms with Gasteiger partial charge in [0.25, 0.3) is 11.8 Å². The fourth-order valence-electron chi connectivity index (χ4n) is 3.14. The molecule has 9 heteroatoms. The summed E-state index contributed by atoms with van der Waals surface area (Å²) in [5.41, 5.74) is 0.850. The molecule has 0 atom stereocenters. The molecule has 0 unspecified atom stereocenters. The topological polar surface area (TPSA) is 88.3 Å². The molecular weight excluding hydrogens is 383 g/mol. The summed E-state index contributed by atoms with van der Waals surface area (Å²) in [6, 6.07) is 14.1. The molecule has 28 heavy (non-hydrogen) atoms. The summed E-state index contributed by atoms with van der Waals surface area (Å²) in [4.78, 5) is 6.46. The van der Waals surface area contributed by atoms with E-state index in [1.54, 1.807) is 0 Å². The van der Waals surface area contributed by atoms with Crippen molar-refractivity contribution in [2.45, 2.75) is 23.8 Å². The molecular formula is C19H19FN4O3S. The normalized spacial score (nSPS) is 15.7. The summed E-state index contributed by atoms with van der Waals surface area (Å²) in [7, 11) is -3.68. The minimum Gasteiger partial charge on any atom is -0.338 e. The standard InChI is InChI=1S/C19H19FN4O3S/c20-15-6-8-17(9-7-15)28(25,26)23-16-10-12-24(13-11-16)19-21-18(27-22-19)14-4-2-1-3-5-14/h1-9,16,23H,10-13H2. The predicted molar refractivity (Wildman–Crippen MR) is 102 cm³/mol. The van der Waals surface area contributed by atoms with Crippen LogP contribution in [-0.2, 0) is 10.0 Å². The van der Waals surface area contributed by atoms with E-state index in [9.17, 15) is 12.8 Å². The third-order valence-electron chi connectivity index (χ3n) is 4.66. The number of sulfonamides is 1. The van der Waals surface area contributed by atoms with Crippen molar-refractivity contribution in [2.75, 3.05) is 18.0 Å². The van der Waals surface area contributed by atoms with E-state index in [1.165, 1.54) is 12.1 Å². The molecule has 7 nitrogen and oxygen atoms in total. The third kappa shape index (κ3) is 4.05. The summed E-state index contributed by atoms with van der Waals surface area (Å²) in [5.74, 6) is 0.482. The van der Waals surface area contributed by atoms with Crippen LogP contribution in [-0.4, -0.2) is 37.7 Å². The maximum atomic E-state index is 13.0. The lowest BCUT2D eigenvalue weighted by Crippen LogP contribution is -2.44. The number of anilines is 1. The minimum atomic E-state index is -3.68. The van der Waals surface area contributed by atoms with Crippen molar-refractivity contribution < 1.29 is 17.3 Å². The Morgan fingerprint density at radius 2 is 1.71 bits per heavy atom. The molecule has 2 aromatic carbocycles. The summed E-state index contributed by atoms with van der Waals surface area (Å²) >= 11 is 0. The van der Waals surface area contributed by atoms with E-state index < -0.39 is 15.8 Å². The molecule has 1 aliphatic rings. The zero-order chi connectivity index (χ0) is 19.6. The van der Waals surface area contributed by atoms with Gasteiger partial charge in [0.1, 0.15) is 5.82 Å². The van der Waals surface area contributed by atoms with Gasteiger partial charge in [0.15, 0.2) is 0 Å². The number of benzene rings is 2. The fourth-order valence-corrected chi connectivity index (χ4v) is 4.45. The van der Waals surface area contributed by atoms with Gasteiger partial charge in [-0.1, -0.05) is 18.2 Å². The van der Waals surface area contributed by atoms with Crippen LogP contribution in [0.2, 0.25) is 0 Å². The lowest BCUT2D eigenvalue weighted by Gasteiger charge is -2.31. The van der Waals surface area contributed by atoms with Gasteiger partial charge in [-0.25, -0.2) is 17.5 Å². The third-order valence-corrected chi connectivity index (χ3v) is 6.20. The van der Waals surface area contributed by atoms with Crippen molar-refractivity contribution in [2.24, 2.45) is 0 Å². The Morgan fingerprint density at radius 1 is 1.04 bits per heavy atom. The van der Waals surface area contributed by atoms with Gasteiger partial charge < -0.3 is 9.42 Å². The Balaban J connectivity index is 1.37. The van der Waals surface area contributed by atoms with Gasteiger partial charge in [0.05, 0.1) is 4.90 Å². The number of piperidine rings is 1. The maximum absolute atomic E-state index is 13.0. The Bertz CT molecular complexity index is 1030. The van der Waals surface area contributed by atoms with E-state index in [2.05, 4.69) is 14.9 Å². The van der Waals surface area contributed by atoms with Gasteiger partial charge >= 0.3 is 0 Å². The molecule has 4 rings (SSSR count). The molecule has 146 valence electrons. The highest BCUT2D eigenvalue weighted by atomic mass is 32.2. The van der Waals surface area contributed by atoms with Crippen molar-refractivity contribution in [1.82, 2.24) is 14.9 Å².